The first-order chi connectivity index (χ1) is 18.7. The van der Waals surface area contributed by atoms with Crippen LogP contribution in [0.5, 0.6) is 5.75 Å². The Hall–Kier alpha value is -4.17. The van der Waals surface area contributed by atoms with E-state index in [9.17, 15) is 4.79 Å². The highest BCUT2D eigenvalue weighted by Gasteiger charge is 2.42. The van der Waals surface area contributed by atoms with Gasteiger partial charge in [0.25, 0.3) is 0 Å². The quantitative estimate of drug-likeness (QED) is 0.278. The van der Waals surface area contributed by atoms with Gasteiger partial charge in [-0.05, 0) is 67.2 Å². The number of hydrogen-bond acceptors (Lipinski definition) is 4. The molecule has 1 saturated heterocycles. The summed E-state index contributed by atoms with van der Waals surface area (Å²) in [4.78, 5) is 19.5. The van der Waals surface area contributed by atoms with Crippen LogP contribution in [0.3, 0.4) is 0 Å². The fourth-order valence-electron chi connectivity index (χ4n) is 4.86. The summed E-state index contributed by atoms with van der Waals surface area (Å²) in [6, 6.07) is 23.8. The molecule has 0 bridgehead atoms. The predicted octanol–water partition coefficient (Wildman–Crippen LogP) is 6.35. The third kappa shape index (κ3) is 5.12. The van der Waals surface area contributed by atoms with Gasteiger partial charge in [-0.15, -0.1) is 0 Å². The summed E-state index contributed by atoms with van der Waals surface area (Å²) in [6.45, 7) is 7.75. The molecule has 0 saturated carbocycles. The maximum absolute atomic E-state index is 12.7. The lowest BCUT2D eigenvalue weighted by molar-refractivity contribution is -0.123. The first kappa shape index (κ1) is 26.4. The first-order valence-corrected chi connectivity index (χ1v) is 13.3. The number of pyridine rings is 1. The van der Waals surface area contributed by atoms with E-state index in [1.54, 1.807) is 13.3 Å². The number of methoxy groups -OCH3 is 1. The second-order valence-electron chi connectivity index (χ2n) is 10.7. The fraction of sp³-hybridized carbons (Fsp3) is 0.258. The summed E-state index contributed by atoms with van der Waals surface area (Å²) in [5.41, 5.74) is 5.16. The second-order valence-corrected chi connectivity index (χ2v) is 11.1. The molecule has 200 valence electrons. The highest BCUT2D eigenvalue weighted by Crippen LogP contribution is 2.44. The first-order valence-electron chi connectivity index (χ1n) is 12.9. The number of carbonyl (C=O) groups excluding carboxylic acids is 1. The zero-order valence-corrected chi connectivity index (χ0v) is 23.6. The van der Waals surface area contributed by atoms with Crippen molar-refractivity contribution in [2.45, 2.75) is 39.8 Å². The molecule has 3 heterocycles. The van der Waals surface area contributed by atoms with Gasteiger partial charge >= 0.3 is 0 Å². The zero-order valence-electron chi connectivity index (χ0n) is 22.8. The Labute approximate surface area is 234 Å². The van der Waals surface area contributed by atoms with Crippen LogP contribution in [0.2, 0.25) is 0 Å². The maximum atomic E-state index is 12.7. The second kappa shape index (κ2) is 10.5. The molecule has 2 N–H and O–H groups in total. The topological polar surface area (TPSA) is 71.4 Å². The zero-order chi connectivity index (χ0) is 27.7. The Morgan fingerprint density at radius 2 is 1.82 bits per heavy atom. The smallest absolute Gasteiger partial charge is 0.229 e. The monoisotopic (exact) mass is 539 g/mol. The van der Waals surface area contributed by atoms with E-state index in [0.717, 1.165) is 22.8 Å². The molecular weight excluding hydrogens is 506 g/mol. The van der Waals surface area contributed by atoms with Gasteiger partial charge in [0, 0.05) is 40.9 Å². The molecule has 0 radical (unpaired) electrons. The number of rotatable bonds is 6. The van der Waals surface area contributed by atoms with E-state index in [1.807, 2.05) is 69.3 Å². The van der Waals surface area contributed by atoms with Crippen molar-refractivity contribution in [3.8, 4) is 11.4 Å². The fourth-order valence-corrected chi connectivity index (χ4v) is 5.21. The third-order valence-electron chi connectivity index (χ3n) is 6.95. The van der Waals surface area contributed by atoms with Crippen molar-refractivity contribution < 1.29 is 9.53 Å². The summed E-state index contributed by atoms with van der Waals surface area (Å²) < 4.78 is 7.93. The summed E-state index contributed by atoms with van der Waals surface area (Å²) in [5.74, 6) is 0.471. The number of nitrogens with one attached hydrogen (secondary N) is 2. The number of amides is 1. The lowest BCUT2D eigenvalue weighted by Crippen LogP contribution is -2.30. The molecule has 1 fully saturated rings. The van der Waals surface area contributed by atoms with Crippen LogP contribution in [0.25, 0.3) is 5.69 Å². The minimum absolute atomic E-state index is 0.0870. The molecule has 5 rings (SSSR count). The summed E-state index contributed by atoms with van der Waals surface area (Å²) >= 11 is 5.93. The molecule has 8 heteroatoms. The van der Waals surface area contributed by atoms with Crippen molar-refractivity contribution in [1.29, 1.82) is 0 Å². The lowest BCUT2D eigenvalue weighted by Gasteiger charge is -2.30. The minimum Gasteiger partial charge on any atom is -0.494 e. The van der Waals surface area contributed by atoms with E-state index in [2.05, 4.69) is 62.5 Å². The standard InChI is InChI=1S/C31H33N5O2S/c1-20-11-6-7-13-24(20)35-18-10-14-25(35)28-27(23-12-8-9-17-32-23)34-30(39)36(28)21-15-16-22(26(19-21)38-5)33-29(37)31(2,3)4/h6-19,27-28H,1-5H3,(H,33,37)(H,34,39). The largest absolute Gasteiger partial charge is 0.494 e. The number of hydrogen-bond donors (Lipinski definition) is 2. The van der Waals surface area contributed by atoms with Crippen molar-refractivity contribution in [3.05, 3.63) is 102 Å². The van der Waals surface area contributed by atoms with E-state index in [0.29, 0.717) is 16.5 Å². The number of para-hydroxylation sites is 1. The molecule has 2 aromatic carbocycles. The Balaban J connectivity index is 1.62. The highest BCUT2D eigenvalue weighted by atomic mass is 32.1. The number of carbonyl (C=O) groups is 1. The number of aromatic nitrogens is 2. The average Bonchev–Trinajstić information content (AvgIpc) is 3.53. The van der Waals surface area contributed by atoms with Gasteiger partial charge in [0.1, 0.15) is 11.8 Å². The van der Waals surface area contributed by atoms with Crippen LogP contribution in [-0.2, 0) is 4.79 Å². The van der Waals surface area contributed by atoms with Gasteiger partial charge in [-0.1, -0.05) is 45.0 Å². The molecule has 1 amide bonds. The van der Waals surface area contributed by atoms with Crippen LogP contribution in [0.4, 0.5) is 11.4 Å². The van der Waals surface area contributed by atoms with E-state index < -0.39 is 5.41 Å². The molecule has 1 aliphatic rings. The van der Waals surface area contributed by atoms with E-state index in [1.165, 1.54) is 5.56 Å². The third-order valence-corrected chi connectivity index (χ3v) is 7.26. The van der Waals surface area contributed by atoms with Crippen molar-refractivity contribution in [1.82, 2.24) is 14.9 Å². The number of benzene rings is 2. The number of ether oxygens (including phenoxy) is 1. The van der Waals surface area contributed by atoms with E-state index in [-0.39, 0.29) is 18.0 Å². The molecule has 39 heavy (non-hydrogen) atoms. The predicted molar refractivity (Wildman–Crippen MR) is 160 cm³/mol. The van der Waals surface area contributed by atoms with Gasteiger partial charge < -0.3 is 24.8 Å². The Morgan fingerprint density at radius 1 is 1.05 bits per heavy atom. The van der Waals surface area contributed by atoms with Gasteiger partial charge in [-0.25, -0.2) is 0 Å². The van der Waals surface area contributed by atoms with E-state index in [4.69, 9.17) is 17.0 Å². The normalized spacial score (nSPS) is 17.2. The molecule has 2 aromatic heterocycles. The summed E-state index contributed by atoms with van der Waals surface area (Å²) in [5, 5.41) is 7.11. The van der Waals surface area contributed by atoms with Gasteiger partial charge in [0.2, 0.25) is 5.91 Å². The van der Waals surface area contributed by atoms with Gasteiger partial charge in [0.15, 0.2) is 5.11 Å². The Kier molecular flexibility index (Phi) is 7.14. The molecule has 0 spiro atoms. The number of thiocarbonyl (C=S) groups is 1. The number of anilines is 2. The molecule has 1 aliphatic heterocycles. The van der Waals surface area contributed by atoms with Crippen LogP contribution in [-0.4, -0.2) is 27.7 Å². The van der Waals surface area contributed by atoms with E-state index >= 15 is 0 Å². The van der Waals surface area contributed by atoms with Crippen molar-refractivity contribution >= 4 is 34.6 Å². The molecule has 7 nitrogen and oxygen atoms in total. The van der Waals surface area contributed by atoms with Gasteiger partial charge in [-0.3, -0.25) is 9.78 Å². The summed E-state index contributed by atoms with van der Waals surface area (Å²) in [6.07, 6.45) is 3.88. The van der Waals surface area contributed by atoms with Crippen LogP contribution in [0, 0.1) is 12.3 Å². The Bertz CT molecular complexity index is 1510. The minimum atomic E-state index is -0.536. The van der Waals surface area contributed by atoms with Crippen LogP contribution in [0.15, 0.2) is 85.2 Å². The van der Waals surface area contributed by atoms with Crippen LogP contribution >= 0.6 is 12.2 Å². The van der Waals surface area contributed by atoms with Crippen LogP contribution < -0.4 is 20.3 Å². The van der Waals surface area contributed by atoms with Gasteiger partial charge in [0.05, 0.1) is 24.5 Å². The molecule has 2 unspecified atom stereocenters. The number of nitrogens with zero attached hydrogens (tertiary/aromatic N) is 3. The van der Waals surface area contributed by atoms with Crippen molar-refractivity contribution in [3.63, 3.8) is 0 Å². The molecular formula is C31H33N5O2S. The number of aryl methyl sites for hydroxylation is 1. The maximum Gasteiger partial charge on any atom is 0.229 e. The molecule has 4 aromatic rings. The molecule has 2 atom stereocenters. The summed E-state index contributed by atoms with van der Waals surface area (Å²) in [7, 11) is 1.60. The molecule has 0 aliphatic carbocycles. The average molecular weight is 540 g/mol. The van der Waals surface area contributed by atoms with Crippen LogP contribution in [0.1, 0.15) is 49.8 Å². The Morgan fingerprint density at radius 3 is 2.51 bits per heavy atom. The SMILES string of the molecule is COc1cc(N2C(=S)NC(c3ccccn3)C2c2cccn2-c2ccccc2C)ccc1NC(=O)C(C)(C)C. The van der Waals surface area contributed by atoms with Crippen molar-refractivity contribution in [2.75, 3.05) is 17.3 Å². The van der Waals surface area contributed by atoms with Crippen molar-refractivity contribution in [2.24, 2.45) is 5.41 Å². The lowest BCUT2D eigenvalue weighted by atomic mass is 9.95. The highest BCUT2D eigenvalue weighted by molar-refractivity contribution is 7.80. The van der Waals surface area contributed by atoms with Gasteiger partial charge in [-0.2, -0.15) is 0 Å².